The summed E-state index contributed by atoms with van der Waals surface area (Å²) < 4.78 is 46.0. The third-order valence-corrected chi connectivity index (χ3v) is 5.71. The average molecular weight is 467 g/mol. The van der Waals surface area contributed by atoms with E-state index in [1.807, 2.05) is 35.2 Å². The molecule has 0 radical (unpaired) electrons. The maximum absolute atomic E-state index is 13.5. The van der Waals surface area contributed by atoms with Gasteiger partial charge in [0, 0.05) is 51.1 Å². The highest BCUT2D eigenvalue weighted by molar-refractivity contribution is 7.80. The zero-order valence-electron chi connectivity index (χ0n) is 17.4. The van der Waals surface area contributed by atoms with Crippen LogP contribution in [0, 0.1) is 0 Å². The number of hydrogen-bond acceptors (Lipinski definition) is 6. The van der Waals surface area contributed by atoms with Gasteiger partial charge in [0.25, 0.3) is 0 Å². The Balaban J connectivity index is 1.44. The number of benzene rings is 1. The normalized spacial score (nSPS) is 19.2. The van der Waals surface area contributed by atoms with Gasteiger partial charge in [-0.15, -0.1) is 0 Å². The van der Waals surface area contributed by atoms with Crippen molar-refractivity contribution in [1.82, 2.24) is 15.3 Å². The van der Waals surface area contributed by atoms with Crippen LogP contribution in [-0.2, 0) is 10.9 Å². The average Bonchev–Trinajstić information content (AvgIpc) is 3.31. The maximum atomic E-state index is 13.5. The molecule has 2 fully saturated rings. The second-order valence-corrected chi connectivity index (χ2v) is 8.12. The van der Waals surface area contributed by atoms with Crippen molar-refractivity contribution in [1.29, 1.82) is 0 Å². The first-order chi connectivity index (χ1) is 15.4. The number of anilines is 3. The Hall–Kier alpha value is -2.66. The highest BCUT2D eigenvalue weighted by atomic mass is 32.1. The molecule has 11 heteroatoms. The van der Waals surface area contributed by atoms with Crippen molar-refractivity contribution in [2.45, 2.75) is 25.1 Å². The van der Waals surface area contributed by atoms with Crippen LogP contribution in [0.15, 0.2) is 36.4 Å². The van der Waals surface area contributed by atoms with Crippen LogP contribution in [0.3, 0.4) is 0 Å². The molecule has 2 aliphatic rings. The Kier molecular flexibility index (Phi) is 6.95. The minimum Gasteiger partial charge on any atom is -0.376 e. The van der Waals surface area contributed by atoms with Crippen molar-refractivity contribution < 1.29 is 17.9 Å². The number of para-hydroxylation sites is 1. The Morgan fingerprint density at radius 1 is 1.09 bits per heavy atom. The van der Waals surface area contributed by atoms with Gasteiger partial charge in [0.15, 0.2) is 10.8 Å². The highest BCUT2D eigenvalue weighted by Crippen LogP contribution is 2.31. The molecule has 1 unspecified atom stereocenters. The minimum atomic E-state index is -4.59. The third kappa shape index (κ3) is 5.77. The molecule has 0 spiro atoms. The van der Waals surface area contributed by atoms with Crippen LogP contribution in [0.2, 0.25) is 0 Å². The Morgan fingerprint density at radius 2 is 1.81 bits per heavy atom. The van der Waals surface area contributed by atoms with E-state index < -0.39 is 11.9 Å². The fourth-order valence-corrected chi connectivity index (χ4v) is 3.96. The number of nitrogens with zero attached hydrogens (tertiary/aromatic N) is 4. The summed E-state index contributed by atoms with van der Waals surface area (Å²) >= 11 is 5.22. The van der Waals surface area contributed by atoms with Crippen molar-refractivity contribution in [3.8, 4) is 0 Å². The zero-order chi connectivity index (χ0) is 22.6. The van der Waals surface area contributed by atoms with E-state index in [2.05, 4.69) is 25.5 Å². The standard InChI is InChI=1S/C21H25F3N6OS/c22-21(23,24)17-13-18(30-10-8-29(9-11-30)15-5-2-1-3-6-15)27-19(26-17)28-20(32)25-14-16-7-4-12-31-16/h1-3,5-6,13,16H,4,7-12,14H2,(H2,25,26,27,28,32). The van der Waals surface area contributed by atoms with Crippen LogP contribution in [0.25, 0.3) is 0 Å². The van der Waals surface area contributed by atoms with Crippen LogP contribution >= 0.6 is 12.2 Å². The molecule has 2 aromatic rings. The van der Waals surface area contributed by atoms with Gasteiger partial charge in [-0.05, 0) is 37.2 Å². The van der Waals surface area contributed by atoms with Crippen LogP contribution < -0.4 is 20.4 Å². The number of alkyl halides is 3. The zero-order valence-corrected chi connectivity index (χ0v) is 18.3. The Morgan fingerprint density at radius 3 is 2.47 bits per heavy atom. The lowest BCUT2D eigenvalue weighted by Crippen LogP contribution is -2.47. The van der Waals surface area contributed by atoms with Crippen molar-refractivity contribution in [2.75, 3.05) is 54.4 Å². The number of thiocarbonyl (C=S) groups is 1. The number of nitrogens with one attached hydrogen (secondary N) is 2. The van der Waals surface area contributed by atoms with Gasteiger partial charge in [-0.1, -0.05) is 18.2 Å². The van der Waals surface area contributed by atoms with E-state index in [4.69, 9.17) is 17.0 Å². The lowest BCUT2D eigenvalue weighted by Gasteiger charge is -2.37. The van der Waals surface area contributed by atoms with Crippen LogP contribution in [0.1, 0.15) is 18.5 Å². The molecule has 4 rings (SSSR count). The number of aromatic nitrogens is 2. The van der Waals surface area contributed by atoms with Gasteiger partial charge >= 0.3 is 6.18 Å². The molecule has 7 nitrogen and oxygen atoms in total. The summed E-state index contributed by atoms with van der Waals surface area (Å²) in [6.45, 7) is 3.65. The summed E-state index contributed by atoms with van der Waals surface area (Å²) in [5, 5.41) is 5.83. The summed E-state index contributed by atoms with van der Waals surface area (Å²) in [5.74, 6) is 0.0506. The van der Waals surface area contributed by atoms with Crippen molar-refractivity contribution in [3.63, 3.8) is 0 Å². The first kappa shape index (κ1) is 22.5. The predicted molar refractivity (Wildman–Crippen MR) is 121 cm³/mol. The van der Waals surface area contributed by atoms with E-state index in [0.29, 0.717) is 39.3 Å². The fourth-order valence-electron chi connectivity index (χ4n) is 3.79. The van der Waals surface area contributed by atoms with E-state index in [1.165, 1.54) is 0 Å². The van der Waals surface area contributed by atoms with Gasteiger partial charge in [-0.2, -0.15) is 18.2 Å². The van der Waals surface area contributed by atoms with Crippen molar-refractivity contribution >= 4 is 34.8 Å². The van der Waals surface area contributed by atoms with Crippen molar-refractivity contribution in [2.24, 2.45) is 0 Å². The topological polar surface area (TPSA) is 65.5 Å². The summed E-state index contributed by atoms with van der Waals surface area (Å²) in [6.07, 6.45) is -2.63. The van der Waals surface area contributed by atoms with Gasteiger partial charge in [0.1, 0.15) is 5.82 Å². The molecule has 2 aliphatic heterocycles. The van der Waals surface area contributed by atoms with Crippen LogP contribution in [0.4, 0.5) is 30.6 Å². The predicted octanol–water partition coefficient (Wildman–Crippen LogP) is 3.29. The van der Waals surface area contributed by atoms with Gasteiger partial charge < -0.3 is 25.2 Å². The van der Waals surface area contributed by atoms with Crippen LogP contribution in [0.5, 0.6) is 0 Å². The summed E-state index contributed by atoms with van der Waals surface area (Å²) in [7, 11) is 0. The van der Waals surface area contributed by atoms with Gasteiger partial charge in [0.05, 0.1) is 6.10 Å². The maximum Gasteiger partial charge on any atom is 0.433 e. The molecule has 0 saturated carbocycles. The van der Waals surface area contributed by atoms with Gasteiger partial charge in [-0.25, -0.2) is 4.98 Å². The summed E-state index contributed by atoms with van der Waals surface area (Å²) in [4.78, 5) is 12.0. The number of ether oxygens (including phenoxy) is 1. The molecular formula is C21H25F3N6OS. The van der Waals surface area contributed by atoms with E-state index in [-0.39, 0.29) is 23.0 Å². The number of halogens is 3. The number of rotatable bonds is 5. The van der Waals surface area contributed by atoms with Gasteiger partial charge in [0.2, 0.25) is 5.95 Å². The summed E-state index contributed by atoms with van der Waals surface area (Å²) in [5.41, 5.74) is 0.0910. The first-order valence-electron chi connectivity index (χ1n) is 10.6. The molecule has 3 heterocycles. The van der Waals surface area contributed by atoms with E-state index in [0.717, 1.165) is 24.6 Å². The SMILES string of the molecule is FC(F)(F)c1cc(N2CCN(c3ccccc3)CC2)nc(NC(=S)NCC2CCCO2)n1. The number of piperazine rings is 1. The number of hydrogen-bond donors (Lipinski definition) is 2. The second kappa shape index (κ2) is 9.86. The first-order valence-corrected chi connectivity index (χ1v) is 11.0. The van der Waals surface area contributed by atoms with Crippen molar-refractivity contribution in [3.05, 3.63) is 42.1 Å². The molecule has 0 bridgehead atoms. The third-order valence-electron chi connectivity index (χ3n) is 5.47. The van der Waals surface area contributed by atoms with E-state index in [9.17, 15) is 13.2 Å². The fraction of sp³-hybridized carbons (Fsp3) is 0.476. The highest BCUT2D eigenvalue weighted by Gasteiger charge is 2.34. The molecule has 172 valence electrons. The summed E-state index contributed by atoms with van der Waals surface area (Å²) in [6, 6.07) is 10.9. The Labute approximate surface area is 190 Å². The Bertz CT molecular complexity index is 915. The molecule has 2 saturated heterocycles. The quantitative estimate of drug-likeness (QED) is 0.651. The second-order valence-electron chi connectivity index (χ2n) is 7.71. The molecule has 2 N–H and O–H groups in total. The molecule has 1 aromatic heterocycles. The van der Waals surface area contributed by atoms with Crippen LogP contribution in [-0.4, -0.2) is 60.5 Å². The molecular weight excluding hydrogens is 441 g/mol. The smallest absolute Gasteiger partial charge is 0.376 e. The molecule has 0 aliphatic carbocycles. The minimum absolute atomic E-state index is 0.0497. The van der Waals surface area contributed by atoms with E-state index >= 15 is 0 Å². The monoisotopic (exact) mass is 466 g/mol. The molecule has 32 heavy (non-hydrogen) atoms. The molecule has 1 atom stereocenters. The molecule has 0 amide bonds. The largest absolute Gasteiger partial charge is 0.433 e. The lowest BCUT2D eigenvalue weighted by atomic mass is 10.2. The molecule has 1 aromatic carbocycles. The van der Waals surface area contributed by atoms with E-state index in [1.54, 1.807) is 0 Å². The van der Waals surface area contributed by atoms with Gasteiger partial charge in [-0.3, -0.25) is 0 Å². The lowest BCUT2D eigenvalue weighted by molar-refractivity contribution is -0.141.